The maximum absolute atomic E-state index is 5.95. The smallest absolute Gasteiger partial charge is 0.0704 e. The highest BCUT2D eigenvalue weighted by atomic mass is 35.5. The number of rotatable bonds is 4. The summed E-state index contributed by atoms with van der Waals surface area (Å²) in [7, 11) is 0. The SMILES string of the molecule is CC(C)CC=C(c1ccc(Cl)cc1)c1ccccn1. The zero-order valence-corrected chi connectivity index (χ0v) is 12.1. The van der Waals surface area contributed by atoms with E-state index >= 15 is 0 Å². The number of aromatic nitrogens is 1. The Bertz CT molecular complexity index is 541. The van der Waals surface area contributed by atoms with E-state index in [1.54, 1.807) is 0 Å². The Hall–Kier alpha value is -1.60. The molecule has 0 spiro atoms. The summed E-state index contributed by atoms with van der Waals surface area (Å²) < 4.78 is 0. The lowest BCUT2D eigenvalue weighted by molar-refractivity contribution is 0.664. The van der Waals surface area contributed by atoms with Crippen LogP contribution in [0.4, 0.5) is 0 Å². The van der Waals surface area contributed by atoms with Crippen LogP contribution in [0.2, 0.25) is 5.02 Å². The van der Waals surface area contributed by atoms with Gasteiger partial charge in [-0.1, -0.05) is 49.7 Å². The zero-order chi connectivity index (χ0) is 13.7. The summed E-state index contributed by atoms with van der Waals surface area (Å²) >= 11 is 5.95. The van der Waals surface area contributed by atoms with Crippen molar-refractivity contribution in [2.45, 2.75) is 20.3 Å². The molecule has 1 heterocycles. The summed E-state index contributed by atoms with van der Waals surface area (Å²) in [6.45, 7) is 4.43. The summed E-state index contributed by atoms with van der Waals surface area (Å²) in [4.78, 5) is 4.45. The largest absolute Gasteiger partial charge is 0.256 e. The lowest BCUT2D eigenvalue weighted by Crippen LogP contribution is -1.93. The number of hydrogen-bond acceptors (Lipinski definition) is 1. The van der Waals surface area contributed by atoms with Gasteiger partial charge >= 0.3 is 0 Å². The molecule has 98 valence electrons. The fourth-order valence-corrected chi connectivity index (χ4v) is 2.00. The Morgan fingerprint density at radius 2 is 1.89 bits per heavy atom. The van der Waals surface area contributed by atoms with Gasteiger partial charge in [0, 0.05) is 16.8 Å². The molecule has 0 aliphatic carbocycles. The van der Waals surface area contributed by atoms with Gasteiger partial charge < -0.3 is 0 Å². The molecular formula is C17H18ClN. The van der Waals surface area contributed by atoms with Crippen molar-refractivity contribution >= 4 is 17.2 Å². The zero-order valence-electron chi connectivity index (χ0n) is 11.3. The minimum absolute atomic E-state index is 0.631. The minimum atomic E-state index is 0.631. The van der Waals surface area contributed by atoms with E-state index in [2.05, 4.69) is 24.9 Å². The normalized spacial score (nSPS) is 11.9. The molecule has 0 radical (unpaired) electrons. The molecule has 0 N–H and O–H groups in total. The predicted octanol–water partition coefficient (Wildman–Crippen LogP) is 5.21. The average Bonchev–Trinajstić information content (AvgIpc) is 2.42. The van der Waals surface area contributed by atoms with Gasteiger partial charge in [-0.25, -0.2) is 0 Å². The fourth-order valence-electron chi connectivity index (χ4n) is 1.88. The third kappa shape index (κ3) is 3.93. The maximum Gasteiger partial charge on any atom is 0.0704 e. The number of allylic oxidation sites excluding steroid dienone is 1. The minimum Gasteiger partial charge on any atom is -0.256 e. The molecule has 0 amide bonds. The second-order valence-corrected chi connectivity index (χ2v) is 5.41. The fraction of sp³-hybridized carbons (Fsp3) is 0.235. The highest BCUT2D eigenvalue weighted by Crippen LogP contribution is 2.24. The Labute approximate surface area is 120 Å². The monoisotopic (exact) mass is 271 g/mol. The molecule has 0 saturated carbocycles. The van der Waals surface area contributed by atoms with E-state index in [0.717, 1.165) is 22.7 Å². The van der Waals surface area contributed by atoms with E-state index in [9.17, 15) is 0 Å². The predicted molar refractivity (Wildman–Crippen MR) is 82.2 cm³/mol. The van der Waals surface area contributed by atoms with Crippen molar-refractivity contribution in [3.8, 4) is 0 Å². The van der Waals surface area contributed by atoms with Crippen molar-refractivity contribution in [3.63, 3.8) is 0 Å². The van der Waals surface area contributed by atoms with Crippen LogP contribution in [-0.2, 0) is 0 Å². The van der Waals surface area contributed by atoms with Gasteiger partial charge in [0.15, 0.2) is 0 Å². The van der Waals surface area contributed by atoms with Crippen LogP contribution in [0.15, 0.2) is 54.7 Å². The standard InChI is InChI=1S/C17H18ClN/c1-13(2)6-11-16(17-5-3-4-12-19-17)14-7-9-15(18)10-8-14/h3-5,7-13H,6H2,1-2H3. The van der Waals surface area contributed by atoms with E-state index in [1.807, 2.05) is 48.7 Å². The molecule has 1 aromatic carbocycles. The topological polar surface area (TPSA) is 12.9 Å². The molecule has 2 aromatic rings. The van der Waals surface area contributed by atoms with Crippen LogP contribution in [0, 0.1) is 5.92 Å². The highest BCUT2D eigenvalue weighted by Gasteiger charge is 2.06. The van der Waals surface area contributed by atoms with Crippen molar-refractivity contribution in [1.82, 2.24) is 4.98 Å². The van der Waals surface area contributed by atoms with E-state index in [-0.39, 0.29) is 0 Å². The number of halogens is 1. The highest BCUT2D eigenvalue weighted by molar-refractivity contribution is 6.30. The molecule has 1 nitrogen and oxygen atoms in total. The van der Waals surface area contributed by atoms with Gasteiger partial charge in [0.2, 0.25) is 0 Å². The number of hydrogen-bond donors (Lipinski definition) is 0. The molecule has 0 aliphatic heterocycles. The quantitative estimate of drug-likeness (QED) is 0.744. The third-order valence-electron chi connectivity index (χ3n) is 2.89. The van der Waals surface area contributed by atoms with Crippen LogP contribution in [0.25, 0.3) is 5.57 Å². The van der Waals surface area contributed by atoms with Gasteiger partial charge in [0.1, 0.15) is 0 Å². The second kappa shape index (κ2) is 6.53. The van der Waals surface area contributed by atoms with E-state index in [4.69, 9.17) is 11.6 Å². The van der Waals surface area contributed by atoms with Gasteiger partial charge in [-0.05, 0) is 42.2 Å². The number of nitrogens with zero attached hydrogens (tertiary/aromatic N) is 1. The first-order valence-electron chi connectivity index (χ1n) is 6.54. The van der Waals surface area contributed by atoms with E-state index < -0.39 is 0 Å². The summed E-state index contributed by atoms with van der Waals surface area (Å²) in [5, 5.41) is 0.757. The van der Waals surface area contributed by atoms with Crippen LogP contribution in [0.1, 0.15) is 31.5 Å². The maximum atomic E-state index is 5.95. The second-order valence-electron chi connectivity index (χ2n) is 4.97. The van der Waals surface area contributed by atoms with Gasteiger partial charge in [-0.15, -0.1) is 0 Å². The molecule has 0 aliphatic rings. The van der Waals surface area contributed by atoms with Crippen LogP contribution in [0.5, 0.6) is 0 Å². The Morgan fingerprint density at radius 3 is 2.47 bits per heavy atom. The Kier molecular flexibility index (Phi) is 4.75. The third-order valence-corrected chi connectivity index (χ3v) is 3.14. The van der Waals surface area contributed by atoms with E-state index in [0.29, 0.717) is 5.92 Å². The van der Waals surface area contributed by atoms with Crippen LogP contribution in [-0.4, -0.2) is 4.98 Å². The van der Waals surface area contributed by atoms with Crippen molar-refractivity contribution in [1.29, 1.82) is 0 Å². The number of pyridine rings is 1. The Morgan fingerprint density at radius 1 is 1.16 bits per heavy atom. The van der Waals surface area contributed by atoms with Crippen molar-refractivity contribution in [3.05, 3.63) is 71.0 Å². The molecule has 2 rings (SSSR count). The van der Waals surface area contributed by atoms with Crippen molar-refractivity contribution in [2.24, 2.45) is 5.92 Å². The Balaban J connectivity index is 2.40. The van der Waals surface area contributed by atoms with Gasteiger partial charge in [-0.2, -0.15) is 0 Å². The van der Waals surface area contributed by atoms with Gasteiger partial charge in [0.05, 0.1) is 5.69 Å². The molecule has 0 fully saturated rings. The van der Waals surface area contributed by atoms with Crippen LogP contribution >= 0.6 is 11.6 Å². The molecule has 0 unspecified atom stereocenters. The lowest BCUT2D eigenvalue weighted by atomic mass is 9.98. The summed E-state index contributed by atoms with van der Waals surface area (Å²) in [6.07, 6.45) is 5.12. The van der Waals surface area contributed by atoms with Gasteiger partial charge in [-0.3, -0.25) is 4.98 Å². The van der Waals surface area contributed by atoms with Gasteiger partial charge in [0.25, 0.3) is 0 Å². The van der Waals surface area contributed by atoms with E-state index in [1.165, 1.54) is 5.57 Å². The molecule has 0 bridgehead atoms. The molecule has 2 heteroatoms. The summed E-state index contributed by atoms with van der Waals surface area (Å²) in [5.41, 5.74) is 3.33. The summed E-state index contributed by atoms with van der Waals surface area (Å²) in [6, 6.07) is 13.9. The molecule has 0 atom stereocenters. The summed E-state index contributed by atoms with van der Waals surface area (Å²) in [5.74, 6) is 0.631. The number of benzene rings is 1. The first-order valence-corrected chi connectivity index (χ1v) is 6.92. The van der Waals surface area contributed by atoms with Crippen molar-refractivity contribution < 1.29 is 0 Å². The molecule has 0 saturated heterocycles. The first-order chi connectivity index (χ1) is 9.16. The molecular weight excluding hydrogens is 254 g/mol. The average molecular weight is 272 g/mol. The molecule has 19 heavy (non-hydrogen) atoms. The first kappa shape index (κ1) is 13.8. The molecule has 1 aromatic heterocycles. The van der Waals surface area contributed by atoms with Crippen molar-refractivity contribution in [2.75, 3.05) is 0 Å². The van der Waals surface area contributed by atoms with Crippen LogP contribution in [0.3, 0.4) is 0 Å². The lowest BCUT2D eigenvalue weighted by Gasteiger charge is -2.09. The van der Waals surface area contributed by atoms with Crippen LogP contribution < -0.4 is 0 Å².